The highest BCUT2D eigenvalue weighted by Gasteiger charge is 2.29. The molecule has 2 aromatic rings. The highest BCUT2D eigenvalue weighted by atomic mass is 32.1. The number of hydrogen-bond donors (Lipinski definition) is 1. The van der Waals surface area contributed by atoms with Gasteiger partial charge in [0.15, 0.2) is 5.13 Å². The second-order valence-electron chi connectivity index (χ2n) is 7.31. The molecule has 1 aliphatic carbocycles. The summed E-state index contributed by atoms with van der Waals surface area (Å²) < 4.78 is 6.80. The van der Waals surface area contributed by atoms with E-state index in [4.69, 9.17) is 9.72 Å². The fraction of sp³-hybridized carbons (Fsp3) is 0.600. The Labute approximate surface area is 160 Å². The molecule has 1 heterocycles. The quantitative estimate of drug-likeness (QED) is 0.808. The first-order chi connectivity index (χ1) is 12.6. The SMILES string of the molecule is CCOc1cccc2sc(N(CC[NH+](C)C)C(=O)C3CCCCC3)nc12. The Morgan fingerprint density at radius 3 is 2.77 bits per heavy atom. The molecule has 1 fully saturated rings. The molecule has 0 atom stereocenters. The first kappa shape index (κ1) is 19.1. The van der Waals surface area contributed by atoms with Crippen molar-refractivity contribution in [2.45, 2.75) is 39.0 Å². The Kier molecular flexibility index (Phi) is 6.48. The number of carbonyl (C=O) groups excluding carboxylic acids is 1. The molecule has 0 aliphatic heterocycles. The number of carbonyl (C=O) groups is 1. The third-order valence-electron chi connectivity index (χ3n) is 4.96. The van der Waals surface area contributed by atoms with Gasteiger partial charge < -0.3 is 9.64 Å². The molecule has 0 saturated heterocycles. The average Bonchev–Trinajstić information content (AvgIpc) is 3.07. The first-order valence-corrected chi connectivity index (χ1v) is 10.5. The molecule has 1 N–H and O–H groups in total. The number of hydrogen-bond acceptors (Lipinski definition) is 4. The van der Waals surface area contributed by atoms with Crippen molar-refractivity contribution in [1.82, 2.24) is 4.98 Å². The molecule has 1 aliphatic rings. The number of para-hydroxylation sites is 1. The maximum absolute atomic E-state index is 13.3. The number of benzene rings is 1. The molecule has 6 heteroatoms. The lowest BCUT2D eigenvalue weighted by Crippen LogP contribution is -3.06. The van der Waals surface area contributed by atoms with E-state index >= 15 is 0 Å². The number of quaternary nitrogens is 1. The zero-order valence-corrected chi connectivity index (χ0v) is 16.9. The largest absolute Gasteiger partial charge is 0.492 e. The predicted octanol–water partition coefficient (Wildman–Crippen LogP) is 2.75. The molecular weight excluding hydrogens is 346 g/mol. The third-order valence-corrected chi connectivity index (χ3v) is 6.00. The number of nitrogens with one attached hydrogen (secondary N) is 1. The van der Waals surface area contributed by atoms with Crippen LogP contribution in [0.1, 0.15) is 39.0 Å². The van der Waals surface area contributed by atoms with Gasteiger partial charge in [0.2, 0.25) is 5.91 Å². The van der Waals surface area contributed by atoms with E-state index in [0.717, 1.165) is 53.3 Å². The van der Waals surface area contributed by atoms with Gasteiger partial charge in [-0.2, -0.15) is 0 Å². The minimum absolute atomic E-state index is 0.152. The standard InChI is InChI=1S/C20H29N3O2S/c1-4-25-16-11-8-12-17-18(16)21-20(26-17)23(14-13-22(2)3)19(24)15-9-6-5-7-10-15/h8,11-12,15H,4-7,9-10,13-14H2,1-3H3/p+1. The summed E-state index contributed by atoms with van der Waals surface area (Å²) in [5, 5.41) is 0.809. The molecule has 142 valence electrons. The van der Waals surface area contributed by atoms with E-state index in [1.54, 1.807) is 11.3 Å². The average molecular weight is 377 g/mol. The number of rotatable bonds is 7. The summed E-state index contributed by atoms with van der Waals surface area (Å²) in [5.74, 6) is 1.21. The van der Waals surface area contributed by atoms with Crippen LogP contribution in [0, 0.1) is 5.92 Å². The number of anilines is 1. The molecule has 3 rings (SSSR count). The van der Waals surface area contributed by atoms with E-state index in [9.17, 15) is 4.79 Å². The van der Waals surface area contributed by atoms with Gasteiger partial charge in [-0.1, -0.05) is 36.7 Å². The Morgan fingerprint density at radius 1 is 1.31 bits per heavy atom. The van der Waals surface area contributed by atoms with Gasteiger partial charge in [0.05, 0.1) is 38.5 Å². The lowest BCUT2D eigenvalue weighted by Gasteiger charge is -2.27. The van der Waals surface area contributed by atoms with Crippen LogP contribution >= 0.6 is 11.3 Å². The van der Waals surface area contributed by atoms with Crippen molar-refractivity contribution >= 4 is 32.6 Å². The molecule has 0 unspecified atom stereocenters. The van der Waals surface area contributed by atoms with E-state index < -0.39 is 0 Å². The van der Waals surface area contributed by atoms with Gasteiger partial charge in [-0.25, -0.2) is 4.98 Å². The van der Waals surface area contributed by atoms with Crippen molar-refractivity contribution < 1.29 is 14.4 Å². The smallest absolute Gasteiger partial charge is 0.232 e. The first-order valence-electron chi connectivity index (χ1n) is 9.73. The van der Waals surface area contributed by atoms with Crippen molar-refractivity contribution in [3.63, 3.8) is 0 Å². The van der Waals surface area contributed by atoms with Crippen LogP contribution in [0.2, 0.25) is 0 Å². The molecule has 5 nitrogen and oxygen atoms in total. The fourth-order valence-electron chi connectivity index (χ4n) is 3.50. The molecule has 0 radical (unpaired) electrons. The summed E-state index contributed by atoms with van der Waals surface area (Å²) in [6.07, 6.45) is 5.61. The van der Waals surface area contributed by atoms with Crippen molar-refractivity contribution in [2.24, 2.45) is 5.92 Å². The van der Waals surface area contributed by atoms with E-state index in [2.05, 4.69) is 20.2 Å². The van der Waals surface area contributed by atoms with Crippen LogP contribution in [0.25, 0.3) is 10.2 Å². The zero-order valence-electron chi connectivity index (χ0n) is 16.1. The molecule has 1 aromatic carbocycles. The van der Waals surface area contributed by atoms with Gasteiger partial charge in [0.1, 0.15) is 11.3 Å². The van der Waals surface area contributed by atoms with Gasteiger partial charge in [-0.15, -0.1) is 0 Å². The summed E-state index contributed by atoms with van der Waals surface area (Å²) in [4.78, 5) is 21.3. The Balaban J connectivity index is 1.91. The minimum Gasteiger partial charge on any atom is -0.492 e. The number of nitrogens with zero attached hydrogens (tertiary/aromatic N) is 2. The van der Waals surface area contributed by atoms with Crippen LogP contribution in [0.5, 0.6) is 5.75 Å². The van der Waals surface area contributed by atoms with Crippen LogP contribution in [0.15, 0.2) is 18.2 Å². The number of aromatic nitrogens is 1. The van der Waals surface area contributed by atoms with E-state index in [1.807, 2.05) is 24.0 Å². The van der Waals surface area contributed by atoms with Gasteiger partial charge in [0, 0.05) is 5.92 Å². The molecule has 26 heavy (non-hydrogen) atoms. The van der Waals surface area contributed by atoms with Gasteiger partial charge in [-0.05, 0) is 31.9 Å². The van der Waals surface area contributed by atoms with Crippen molar-refractivity contribution in [3.05, 3.63) is 18.2 Å². The topological polar surface area (TPSA) is 46.9 Å². The minimum atomic E-state index is 0.152. The molecule has 1 amide bonds. The zero-order chi connectivity index (χ0) is 18.5. The summed E-state index contributed by atoms with van der Waals surface area (Å²) in [6.45, 7) is 4.21. The summed E-state index contributed by atoms with van der Waals surface area (Å²) >= 11 is 1.59. The molecule has 1 aromatic heterocycles. The van der Waals surface area contributed by atoms with E-state index in [0.29, 0.717) is 13.2 Å². The molecule has 1 saturated carbocycles. The predicted molar refractivity (Wildman–Crippen MR) is 107 cm³/mol. The van der Waals surface area contributed by atoms with Crippen LogP contribution in [-0.4, -0.2) is 44.7 Å². The van der Waals surface area contributed by atoms with Gasteiger partial charge in [0.25, 0.3) is 0 Å². The lowest BCUT2D eigenvalue weighted by molar-refractivity contribution is -0.856. The maximum Gasteiger partial charge on any atom is 0.232 e. The molecular formula is C20H30N3O2S+. The Morgan fingerprint density at radius 2 is 2.08 bits per heavy atom. The molecule has 0 spiro atoms. The van der Waals surface area contributed by atoms with Crippen LogP contribution in [-0.2, 0) is 4.79 Å². The summed E-state index contributed by atoms with van der Waals surface area (Å²) in [7, 11) is 4.24. The highest BCUT2D eigenvalue weighted by molar-refractivity contribution is 7.22. The highest BCUT2D eigenvalue weighted by Crippen LogP contribution is 2.35. The fourth-order valence-corrected chi connectivity index (χ4v) is 4.52. The van der Waals surface area contributed by atoms with Gasteiger partial charge in [-0.3, -0.25) is 9.69 Å². The number of fused-ring (bicyclic) bond motifs is 1. The second-order valence-corrected chi connectivity index (χ2v) is 8.32. The number of thiazole rings is 1. The number of ether oxygens (including phenoxy) is 1. The Bertz CT molecular complexity index is 738. The van der Waals surface area contributed by atoms with E-state index in [-0.39, 0.29) is 11.8 Å². The van der Waals surface area contributed by atoms with E-state index in [1.165, 1.54) is 11.3 Å². The third kappa shape index (κ3) is 4.35. The van der Waals surface area contributed by atoms with Crippen LogP contribution in [0.3, 0.4) is 0 Å². The molecule has 0 bridgehead atoms. The summed E-state index contributed by atoms with van der Waals surface area (Å²) in [5.41, 5.74) is 0.869. The number of amides is 1. The maximum atomic E-state index is 13.3. The van der Waals surface area contributed by atoms with Crippen LogP contribution in [0.4, 0.5) is 5.13 Å². The van der Waals surface area contributed by atoms with Crippen LogP contribution < -0.4 is 14.5 Å². The lowest BCUT2D eigenvalue weighted by atomic mass is 9.88. The monoisotopic (exact) mass is 376 g/mol. The van der Waals surface area contributed by atoms with Gasteiger partial charge >= 0.3 is 0 Å². The normalized spacial score (nSPS) is 15.5. The second kappa shape index (κ2) is 8.82. The van der Waals surface area contributed by atoms with Crippen molar-refractivity contribution in [1.29, 1.82) is 0 Å². The van der Waals surface area contributed by atoms with Crippen molar-refractivity contribution in [3.8, 4) is 5.75 Å². The number of likely N-dealkylation sites (N-methyl/N-ethyl adjacent to an activating group) is 1. The Hall–Kier alpha value is -1.66. The summed E-state index contributed by atoms with van der Waals surface area (Å²) in [6, 6.07) is 6.00. The van der Waals surface area contributed by atoms with Crippen molar-refractivity contribution in [2.75, 3.05) is 38.7 Å².